The van der Waals surface area contributed by atoms with Crippen LogP contribution in [-0.4, -0.2) is 20.5 Å². The van der Waals surface area contributed by atoms with Crippen LogP contribution in [0.25, 0.3) is 0 Å². The van der Waals surface area contributed by atoms with Gasteiger partial charge in [-0.3, -0.25) is 4.68 Å². The molecule has 6 heteroatoms. The van der Waals surface area contributed by atoms with E-state index in [1.165, 1.54) is 20.9 Å². The molecule has 0 aliphatic heterocycles. The summed E-state index contributed by atoms with van der Waals surface area (Å²) in [6.07, 6.45) is -4.30. The standard InChI is InChI=1S/C9H13F3N2O/c1-8(2,15)5-6-4-7(9(10,11)12)13-14(6)3/h4,15H,5H2,1-3H3. The highest BCUT2D eigenvalue weighted by Crippen LogP contribution is 2.29. The number of alkyl halides is 3. The van der Waals surface area contributed by atoms with Crippen LogP contribution >= 0.6 is 0 Å². The van der Waals surface area contributed by atoms with Gasteiger partial charge in [-0.25, -0.2) is 0 Å². The molecule has 1 N–H and O–H groups in total. The summed E-state index contributed by atoms with van der Waals surface area (Å²) in [4.78, 5) is 0. The molecule has 1 aromatic rings. The molecular weight excluding hydrogens is 209 g/mol. The molecule has 0 aliphatic rings. The van der Waals surface area contributed by atoms with Crippen molar-refractivity contribution in [3.63, 3.8) is 0 Å². The summed E-state index contributed by atoms with van der Waals surface area (Å²) >= 11 is 0. The first-order valence-corrected chi connectivity index (χ1v) is 4.42. The second-order valence-electron chi connectivity index (χ2n) is 4.13. The van der Waals surface area contributed by atoms with Gasteiger partial charge in [-0.15, -0.1) is 0 Å². The van der Waals surface area contributed by atoms with E-state index < -0.39 is 17.5 Å². The smallest absolute Gasteiger partial charge is 0.390 e. The third kappa shape index (κ3) is 3.23. The highest BCUT2D eigenvalue weighted by Gasteiger charge is 2.35. The molecule has 0 saturated heterocycles. The number of hydrogen-bond donors (Lipinski definition) is 1. The van der Waals surface area contributed by atoms with Crippen molar-refractivity contribution < 1.29 is 18.3 Å². The van der Waals surface area contributed by atoms with Crippen molar-refractivity contribution in [1.29, 1.82) is 0 Å². The molecule has 0 aromatic carbocycles. The fraction of sp³-hybridized carbons (Fsp3) is 0.667. The Hall–Kier alpha value is -1.04. The fourth-order valence-corrected chi connectivity index (χ4v) is 1.25. The number of hydrogen-bond acceptors (Lipinski definition) is 2. The highest BCUT2D eigenvalue weighted by molar-refractivity contribution is 5.14. The molecular formula is C9H13F3N2O. The van der Waals surface area contributed by atoms with E-state index in [2.05, 4.69) is 5.10 Å². The van der Waals surface area contributed by atoms with Crippen LogP contribution < -0.4 is 0 Å². The zero-order valence-corrected chi connectivity index (χ0v) is 8.76. The van der Waals surface area contributed by atoms with Crippen LogP contribution in [0.5, 0.6) is 0 Å². The minimum absolute atomic E-state index is 0.132. The molecule has 0 radical (unpaired) electrons. The number of aromatic nitrogens is 2. The van der Waals surface area contributed by atoms with Gasteiger partial charge in [0.1, 0.15) is 0 Å². The predicted octanol–water partition coefficient (Wildman–Crippen LogP) is 1.75. The van der Waals surface area contributed by atoms with E-state index in [0.29, 0.717) is 5.69 Å². The van der Waals surface area contributed by atoms with Crippen LogP contribution in [0, 0.1) is 0 Å². The predicted molar refractivity (Wildman–Crippen MR) is 48.2 cm³/mol. The summed E-state index contributed by atoms with van der Waals surface area (Å²) in [5.41, 5.74) is -1.62. The average molecular weight is 222 g/mol. The van der Waals surface area contributed by atoms with Crippen molar-refractivity contribution in [3.8, 4) is 0 Å². The lowest BCUT2D eigenvalue weighted by Gasteiger charge is -2.16. The third-order valence-electron chi connectivity index (χ3n) is 1.88. The van der Waals surface area contributed by atoms with Crippen LogP contribution in [0.4, 0.5) is 13.2 Å². The van der Waals surface area contributed by atoms with E-state index in [-0.39, 0.29) is 6.42 Å². The number of halogens is 3. The Morgan fingerprint density at radius 2 is 1.93 bits per heavy atom. The maximum atomic E-state index is 12.3. The zero-order valence-electron chi connectivity index (χ0n) is 8.76. The minimum atomic E-state index is -4.43. The Morgan fingerprint density at radius 1 is 1.40 bits per heavy atom. The molecule has 0 spiro atoms. The molecule has 0 fully saturated rings. The van der Waals surface area contributed by atoms with Gasteiger partial charge < -0.3 is 5.11 Å². The molecule has 0 amide bonds. The molecule has 0 atom stereocenters. The number of aryl methyl sites for hydroxylation is 1. The molecule has 1 rings (SSSR count). The highest BCUT2D eigenvalue weighted by atomic mass is 19.4. The van der Waals surface area contributed by atoms with Crippen LogP contribution in [0.3, 0.4) is 0 Å². The second kappa shape index (κ2) is 3.52. The molecule has 3 nitrogen and oxygen atoms in total. The SMILES string of the molecule is Cn1nc(C(F)(F)F)cc1CC(C)(C)O. The maximum absolute atomic E-state index is 12.3. The average Bonchev–Trinajstić information content (AvgIpc) is 2.27. The second-order valence-corrected chi connectivity index (χ2v) is 4.13. The lowest BCUT2D eigenvalue weighted by Crippen LogP contribution is -2.23. The van der Waals surface area contributed by atoms with Gasteiger partial charge >= 0.3 is 6.18 Å². The molecule has 0 bridgehead atoms. The topological polar surface area (TPSA) is 38.0 Å². The lowest BCUT2D eigenvalue weighted by atomic mass is 10.0. The summed E-state index contributed by atoms with van der Waals surface area (Å²) in [6.45, 7) is 3.07. The molecule has 0 aliphatic carbocycles. The summed E-state index contributed by atoms with van der Waals surface area (Å²) in [6, 6.07) is 0.956. The Bertz CT molecular complexity index is 349. The number of nitrogens with zero attached hydrogens (tertiary/aromatic N) is 2. The van der Waals surface area contributed by atoms with E-state index in [4.69, 9.17) is 0 Å². The van der Waals surface area contributed by atoms with E-state index in [1.807, 2.05) is 0 Å². The summed E-state index contributed by atoms with van der Waals surface area (Å²) in [7, 11) is 1.43. The Labute approximate surface area is 85.5 Å². The quantitative estimate of drug-likeness (QED) is 0.827. The minimum Gasteiger partial charge on any atom is -0.390 e. The van der Waals surface area contributed by atoms with Gasteiger partial charge in [-0.05, 0) is 19.9 Å². The first-order chi connectivity index (χ1) is 6.59. The van der Waals surface area contributed by atoms with Crippen LogP contribution in [0.2, 0.25) is 0 Å². The summed E-state index contributed by atoms with van der Waals surface area (Å²) in [5, 5.41) is 12.8. The zero-order chi connectivity index (χ0) is 11.9. The first kappa shape index (κ1) is 12.0. The number of aliphatic hydroxyl groups is 1. The molecule has 86 valence electrons. The fourth-order valence-electron chi connectivity index (χ4n) is 1.25. The normalized spacial score (nSPS) is 13.3. The van der Waals surface area contributed by atoms with Crippen molar-refractivity contribution in [3.05, 3.63) is 17.5 Å². The van der Waals surface area contributed by atoms with Gasteiger partial charge in [0.05, 0.1) is 5.60 Å². The molecule has 1 heterocycles. The van der Waals surface area contributed by atoms with Gasteiger partial charge in [0.25, 0.3) is 0 Å². The van der Waals surface area contributed by atoms with Crippen molar-refractivity contribution >= 4 is 0 Å². The lowest BCUT2D eigenvalue weighted by molar-refractivity contribution is -0.141. The van der Waals surface area contributed by atoms with Crippen molar-refractivity contribution in [2.24, 2.45) is 7.05 Å². The van der Waals surface area contributed by atoms with Crippen LogP contribution in [0.15, 0.2) is 6.07 Å². The van der Waals surface area contributed by atoms with Crippen LogP contribution in [-0.2, 0) is 19.6 Å². The van der Waals surface area contributed by atoms with E-state index >= 15 is 0 Å². The Morgan fingerprint density at radius 3 is 2.27 bits per heavy atom. The molecule has 0 saturated carbocycles. The van der Waals surface area contributed by atoms with Crippen molar-refractivity contribution in [2.45, 2.75) is 32.0 Å². The van der Waals surface area contributed by atoms with Gasteiger partial charge in [0, 0.05) is 19.2 Å². The Kier molecular flexibility index (Phi) is 2.82. The maximum Gasteiger partial charge on any atom is 0.435 e. The van der Waals surface area contributed by atoms with Crippen LogP contribution in [0.1, 0.15) is 25.2 Å². The summed E-state index contributed by atoms with van der Waals surface area (Å²) < 4.78 is 38.0. The van der Waals surface area contributed by atoms with Gasteiger partial charge in [0.2, 0.25) is 0 Å². The van der Waals surface area contributed by atoms with E-state index in [1.54, 1.807) is 0 Å². The van der Waals surface area contributed by atoms with Crippen molar-refractivity contribution in [2.75, 3.05) is 0 Å². The van der Waals surface area contributed by atoms with Crippen molar-refractivity contribution in [1.82, 2.24) is 9.78 Å². The largest absolute Gasteiger partial charge is 0.435 e. The molecule has 15 heavy (non-hydrogen) atoms. The van der Waals surface area contributed by atoms with E-state index in [0.717, 1.165) is 10.7 Å². The number of rotatable bonds is 2. The molecule has 0 unspecified atom stereocenters. The third-order valence-corrected chi connectivity index (χ3v) is 1.88. The first-order valence-electron chi connectivity index (χ1n) is 4.42. The van der Waals surface area contributed by atoms with Gasteiger partial charge in [-0.2, -0.15) is 18.3 Å². The van der Waals surface area contributed by atoms with E-state index in [9.17, 15) is 18.3 Å². The Balaban J connectivity index is 2.97. The monoisotopic (exact) mass is 222 g/mol. The summed E-state index contributed by atoms with van der Waals surface area (Å²) in [5.74, 6) is 0. The van der Waals surface area contributed by atoms with Gasteiger partial charge in [-0.1, -0.05) is 0 Å². The van der Waals surface area contributed by atoms with Gasteiger partial charge in [0.15, 0.2) is 5.69 Å². The molecule has 1 aromatic heterocycles.